The Labute approximate surface area is 111 Å². The van der Waals surface area contributed by atoms with Gasteiger partial charge in [-0.05, 0) is 18.1 Å². The molecule has 1 aromatic carbocycles. The number of nitrogens with two attached hydrogens (primary N) is 1. The molecule has 1 aliphatic heterocycles. The molecule has 0 unspecified atom stereocenters. The molecule has 0 aromatic heterocycles. The molecule has 5 nitrogen and oxygen atoms in total. The molecule has 5 heteroatoms. The van der Waals surface area contributed by atoms with Crippen LogP contribution in [0.2, 0.25) is 0 Å². The summed E-state index contributed by atoms with van der Waals surface area (Å²) in [5, 5.41) is 2.78. The number of anilines is 1. The lowest BCUT2D eigenvalue weighted by molar-refractivity contribution is -0.126. The Morgan fingerprint density at radius 2 is 2.26 bits per heavy atom. The van der Waals surface area contributed by atoms with Crippen LogP contribution in [-0.4, -0.2) is 32.0 Å². The molecule has 1 fully saturated rings. The van der Waals surface area contributed by atoms with E-state index in [4.69, 9.17) is 5.73 Å². The van der Waals surface area contributed by atoms with Gasteiger partial charge in [-0.2, -0.15) is 0 Å². The average Bonchev–Trinajstić information content (AvgIpc) is 3.15. The van der Waals surface area contributed by atoms with Crippen molar-refractivity contribution in [1.82, 2.24) is 5.32 Å². The Bertz CT molecular complexity index is 557. The maximum atomic E-state index is 12.5. The Kier molecular flexibility index (Phi) is 2.60. The minimum Gasteiger partial charge on any atom is -0.355 e. The van der Waals surface area contributed by atoms with Crippen LogP contribution in [0.1, 0.15) is 12.0 Å². The zero-order chi connectivity index (χ0) is 13.6. The molecule has 3 rings (SSSR count). The maximum absolute atomic E-state index is 12.5. The lowest BCUT2D eigenvalue weighted by Gasteiger charge is -2.11. The van der Waals surface area contributed by atoms with Gasteiger partial charge in [0.2, 0.25) is 11.8 Å². The predicted molar refractivity (Wildman–Crippen MR) is 71.7 cm³/mol. The largest absolute Gasteiger partial charge is 0.355 e. The quantitative estimate of drug-likeness (QED) is 0.802. The number of rotatable bonds is 3. The van der Waals surface area contributed by atoms with Crippen LogP contribution in [0.3, 0.4) is 0 Å². The summed E-state index contributed by atoms with van der Waals surface area (Å²) in [6.45, 7) is 0.868. The van der Waals surface area contributed by atoms with Crippen molar-refractivity contribution in [2.75, 3.05) is 25.0 Å². The second kappa shape index (κ2) is 4.06. The number of carbonyl (C=O) groups is 2. The Morgan fingerprint density at radius 3 is 3.00 bits per heavy atom. The minimum atomic E-state index is -0.621. The first-order valence-corrected chi connectivity index (χ1v) is 6.48. The van der Waals surface area contributed by atoms with Gasteiger partial charge in [-0.3, -0.25) is 9.59 Å². The zero-order valence-electron chi connectivity index (χ0n) is 10.8. The highest BCUT2D eigenvalue weighted by Crippen LogP contribution is 2.61. The molecule has 0 bridgehead atoms. The second-order valence-electron chi connectivity index (χ2n) is 5.19. The van der Waals surface area contributed by atoms with E-state index >= 15 is 0 Å². The van der Waals surface area contributed by atoms with Gasteiger partial charge in [-0.15, -0.1) is 0 Å². The molecular weight excluding hydrogens is 242 g/mol. The van der Waals surface area contributed by atoms with Crippen LogP contribution in [-0.2, 0) is 15.0 Å². The zero-order valence-corrected chi connectivity index (χ0v) is 10.8. The first kappa shape index (κ1) is 12.2. The highest BCUT2D eigenvalue weighted by molar-refractivity contribution is 6.13. The van der Waals surface area contributed by atoms with Crippen LogP contribution < -0.4 is 16.0 Å². The van der Waals surface area contributed by atoms with E-state index < -0.39 is 5.41 Å². The molecule has 1 saturated carbocycles. The number of nitrogens with zero attached hydrogens (tertiary/aromatic N) is 1. The summed E-state index contributed by atoms with van der Waals surface area (Å²) >= 11 is 0. The number of hydrogen-bond acceptors (Lipinski definition) is 3. The molecule has 1 aliphatic carbocycles. The molecule has 0 saturated heterocycles. The summed E-state index contributed by atoms with van der Waals surface area (Å²) in [6.07, 6.45) is 0.601. The fraction of sp³-hybridized carbons (Fsp3) is 0.429. The van der Waals surface area contributed by atoms with Gasteiger partial charge >= 0.3 is 0 Å². The van der Waals surface area contributed by atoms with Crippen LogP contribution in [0.15, 0.2) is 24.3 Å². The summed E-state index contributed by atoms with van der Waals surface area (Å²) in [5.41, 5.74) is 6.66. The molecule has 1 heterocycles. The smallest absolute Gasteiger partial charge is 0.238 e. The third kappa shape index (κ3) is 1.51. The molecule has 1 aromatic rings. The molecule has 3 N–H and O–H groups in total. The summed E-state index contributed by atoms with van der Waals surface area (Å²) < 4.78 is 0. The molecule has 100 valence electrons. The molecule has 2 aliphatic rings. The van der Waals surface area contributed by atoms with Crippen molar-refractivity contribution >= 4 is 17.5 Å². The van der Waals surface area contributed by atoms with Crippen molar-refractivity contribution in [1.29, 1.82) is 0 Å². The lowest BCUT2D eigenvalue weighted by Crippen LogP contribution is -2.36. The molecule has 2 atom stereocenters. The standard InChI is InChI=1S/C14H17N3O2/c1-17-11-5-3-2-4-9(11)14(13(17)19)8-10(14)12(18)16-7-6-15/h2-5,10H,6-8,15H2,1H3,(H,16,18)/t10-,14-/m1/s1. The summed E-state index contributed by atoms with van der Waals surface area (Å²) in [7, 11) is 1.77. The van der Waals surface area contributed by atoms with Crippen molar-refractivity contribution in [3.63, 3.8) is 0 Å². The number of para-hydroxylation sites is 1. The van der Waals surface area contributed by atoms with Crippen LogP contribution in [0.4, 0.5) is 5.69 Å². The Morgan fingerprint density at radius 1 is 1.53 bits per heavy atom. The number of hydrogen-bond donors (Lipinski definition) is 2. The van der Waals surface area contributed by atoms with Gasteiger partial charge in [0.15, 0.2) is 0 Å². The normalized spacial score (nSPS) is 27.6. The number of benzene rings is 1. The van der Waals surface area contributed by atoms with E-state index in [9.17, 15) is 9.59 Å². The highest BCUT2D eigenvalue weighted by atomic mass is 16.2. The molecule has 0 radical (unpaired) electrons. The van der Waals surface area contributed by atoms with Crippen molar-refractivity contribution in [3.05, 3.63) is 29.8 Å². The second-order valence-corrected chi connectivity index (χ2v) is 5.19. The van der Waals surface area contributed by atoms with E-state index in [2.05, 4.69) is 5.32 Å². The van der Waals surface area contributed by atoms with Gasteiger partial charge in [0, 0.05) is 25.8 Å². The molecule has 2 amide bonds. The molecular formula is C14H17N3O2. The number of fused-ring (bicyclic) bond motifs is 2. The van der Waals surface area contributed by atoms with E-state index in [-0.39, 0.29) is 17.7 Å². The van der Waals surface area contributed by atoms with Crippen molar-refractivity contribution < 1.29 is 9.59 Å². The van der Waals surface area contributed by atoms with Gasteiger partial charge in [0.1, 0.15) is 0 Å². The van der Waals surface area contributed by atoms with Gasteiger partial charge in [-0.25, -0.2) is 0 Å². The van der Waals surface area contributed by atoms with Crippen molar-refractivity contribution in [3.8, 4) is 0 Å². The molecule has 19 heavy (non-hydrogen) atoms. The van der Waals surface area contributed by atoms with E-state index in [1.54, 1.807) is 11.9 Å². The number of likely N-dealkylation sites (N-methyl/N-ethyl adjacent to an activating group) is 1. The number of amides is 2. The monoisotopic (exact) mass is 259 g/mol. The van der Waals surface area contributed by atoms with E-state index in [0.29, 0.717) is 19.5 Å². The van der Waals surface area contributed by atoms with Gasteiger partial charge in [0.05, 0.1) is 11.3 Å². The van der Waals surface area contributed by atoms with E-state index in [1.807, 2.05) is 24.3 Å². The van der Waals surface area contributed by atoms with E-state index in [0.717, 1.165) is 11.3 Å². The summed E-state index contributed by atoms with van der Waals surface area (Å²) in [6, 6.07) is 7.70. The van der Waals surface area contributed by atoms with Crippen LogP contribution in [0.25, 0.3) is 0 Å². The average molecular weight is 259 g/mol. The third-order valence-electron chi connectivity index (χ3n) is 4.15. The number of carbonyl (C=O) groups excluding carboxylic acids is 2. The summed E-state index contributed by atoms with van der Waals surface area (Å²) in [4.78, 5) is 26.2. The number of nitrogens with one attached hydrogen (secondary N) is 1. The van der Waals surface area contributed by atoms with Crippen LogP contribution in [0, 0.1) is 5.92 Å². The van der Waals surface area contributed by atoms with Crippen LogP contribution in [0.5, 0.6) is 0 Å². The SMILES string of the molecule is CN1C(=O)[C@]2(C[C@@H]2C(=O)NCCN)c2ccccc21. The van der Waals surface area contributed by atoms with Gasteiger partial charge < -0.3 is 16.0 Å². The highest BCUT2D eigenvalue weighted by Gasteiger charge is 2.68. The first-order chi connectivity index (χ1) is 9.13. The third-order valence-corrected chi connectivity index (χ3v) is 4.15. The first-order valence-electron chi connectivity index (χ1n) is 6.48. The minimum absolute atomic E-state index is 0.0293. The summed E-state index contributed by atoms with van der Waals surface area (Å²) in [5.74, 6) is -0.289. The van der Waals surface area contributed by atoms with Gasteiger partial charge in [0.25, 0.3) is 0 Å². The lowest BCUT2D eigenvalue weighted by atomic mass is 9.94. The Balaban J connectivity index is 1.91. The van der Waals surface area contributed by atoms with Crippen molar-refractivity contribution in [2.24, 2.45) is 11.7 Å². The molecule has 1 spiro atoms. The predicted octanol–water partition coefficient (Wildman–Crippen LogP) is -0.00440. The Hall–Kier alpha value is -1.88. The topological polar surface area (TPSA) is 75.4 Å². The fourth-order valence-corrected chi connectivity index (χ4v) is 3.10. The van der Waals surface area contributed by atoms with Crippen LogP contribution >= 0.6 is 0 Å². The van der Waals surface area contributed by atoms with Crippen molar-refractivity contribution in [2.45, 2.75) is 11.8 Å². The fourth-order valence-electron chi connectivity index (χ4n) is 3.10. The van der Waals surface area contributed by atoms with Gasteiger partial charge in [-0.1, -0.05) is 18.2 Å². The maximum Gasteiger partial charge on any atom is 0.238 e. The van der Waals surface area contributed by atoms with E-state index in [1.165, 1.54) is 0 Å².